The van der Waals surface area contributed by atoms with Crippen molar-refractivity contribution in [3.63, 3.8) is 0 Å². The van der Waals surface area contributed by atoms with Gasteiger partial charge in [0.2, 0.25) is 0 Å². The number of pyridine rings is 1. The second-order valence-electron chi connectivity index (χ2n) is 4.42. The first-order valence-electron chi connectivity index (χ1n) is 5.66. The quantitative estimate of drug-likeness (QED) is 0.857. The average Bonchev–Trinajstić information content (AvgIpc) is 3.09. The molecule has 92 valence electrons. The summed E-state index contributed by atoms with van der Waals surface area (Å²) in [6, 6.07) is 1.65. The second-order valence-corrected chi connectivity index (χ2v) is 4.83. The van der Waals surface area contributed by atoms with Crippen LogP contribution in [0, 0.1) is 12.8 Å². The van der Waals surface area contributed by atoms with Crippen LogP contribution < -0.4 is 5.32 Å². The summed E-state index contributed by atoms with van der Waals surface area (Å²) in [6.45, 7) is 2.08. The molecule has 1 fully saturated rings. The van der Waals surface area contributed by atoms with Crippen LogP contribution in [0.4, 0.5) is 0 Å². The molecule has 1 amide bonds. The zero-order chi connectivity index (χ0) is 12.4. The second kappa shape index (κ2) is 5.02. The molecular weight excluding hydrogens is 240 g/mol. The molecule has 1 aromatic heterocycles. The summed E-state index contributed by atoms with van der Waals surface area (Å²) >= 11 is 5.95. The Morgan fingerprint density at radius 3 is 3.00 bits per heavy atom. The number of nitrogens with one attached hydrogen (secondary N) is 1. The predicted molar refractivity (Wildman–Crippen MR) is 65.0 cm³/mol. The van der Waals surface area contributed by atoms with Crippen molar-refractivity contribution in [3.05, 3.63) is 28.5 Å². The van der Waals surface area contributed by atoms with E-state index in [1.807, 2.05) is 6.92 Å². The largest absolute Gasteiger partial charge is 0.391 e. The number of halogens is 1. The SMILES string of the molecule is Cc1cc(Cl)c(C(=O)NCC(O)C2CC2)cn1. The lowest BCUT2D eigenvalue weighted by molar-refractivity contribution is 0.0901. The molecule has 17 heavy (non-hydrogen) atoms. The van der Waals surface area contributed by atoms with Crippen molar-refractivity contribution in [1.82, 2.24) is 10.3 Å². The summed E-state index contributed by atoms with van der Waals surface area (Å²) in [7, 11) is 0. The fraction of sp³-hybridized carbons (Fsp3) is 0.500. The smallest absolute Gasteiger partial charge is 0.254 e. The lowest BCUT2D eigenvalue weighted by atomic mass is 10.2. The normalized spacial score (nSPS) is 16.6. The molecule has 2 N–H and O–H groups in total. The van der Waals surface area contributed by atoms with Crippen LogP contribution in [-0.2, 0) is 0 Å². The van der Waals surface area contributed by atoms with Crippen LogP contribution in [0.1, 0.15) is 28.9 Å². The van der Waals surface area contributed by atoms with Gasteiger partial charge in [-0.15, -0.1) is 0 Å². The Morgan fingerprint density at radius 1 is 1.71 bits per heavy atom. The van der Waals surface area contributed by atoms with Gasteiger partial charge >= 0.3 is 0 Å². The number of nitrogens with zero attached hydrogens (tertiary/aromatic N) is 1. The Morgan fingerprint density at radius 2 is 2.41 bits per heavy atom. The lowest BCUT2D eigenvalue weighted by Gasteiger charge is -2.11. The van der Waals surface area contributed by atoms with Gasteiger partial charge in [0.1, 0.15) is 0 Å². The number of rotatable bonds is 4. The van der Waals surface area contributed by atoms with Crippen LogP contribution in [0.5, 0.6) is 0 Å². The van der Waals surface area contributed by atoms with Gasteiger partial charge in [0.05, 0.1) is 16.7 Å². The number of aliphatic hydroxyl groups excluding tert-OH is 1. The Bertz CT molecular complexity index is 433. The molecule has 1 aliphatic rings. The molecule has 1 heterocycles. The summed E-state index contributed by atoms with van der Waals surface area (Å²) in [5, 5.41) is 12.7. The highest BCUT2D eigenvalue weighted by Gasteiger charge is 2.29. The third kappa shape index (κ3) is 3.17. The van der Waals surface area contributed by atoms with E-state index in [4.69, 9.17) is 11.6 Å². The molecule has 0 spiro atoms. The van der Waals surface area contributed by atoms with Gasteiger partial charge in [0.15, 0.2) is 0 Å². The minimum absolute atomic E-state index is 0.272. The van der Waals surface area contributed by atoms with Gasteiger partial charge in [-0.2, -0.15) is 0 Å². The maximum absolute atomic E-state index is 11.8. The van der Waals surface area contributed by atoms with Gasteiger partial charge in [-0.1, -0.05) is 11.6 Å². The molecular formula is C12H15ClN2O2. The maximum atomic E-state index is 11.8. The molecule has 1 aliphatic carbocycles. The number of amides is 1. The number of hydrogen-bond acceptors (Lipinski definition) is 3. The number of carbonyl (C=O) groups is 1. The van der Waals surface area contributed by atoms with E-state index in [0.29, 0.717) is 16.5 Å². The van der Waals surface area contributed by atoms with E-state index in [1.165, 1.54) is 6.20 Å². The Kier molecular flexibility index (Phi) is 3.64. The third-order valence-corrected chi connectivity index (χ3v) is 3.19. The molecule has 0 radical (unpaired) electrons. The Balaban J connectivity index is 1.94. The molecule has 0 aliphatic heterocycles. The highest BCUT2D eigenvalue weighted by atomic mass is 35.5. The van der Waals surface area contributed by atoms with Crippen molar-refractivity contribution in [2.75, 3.05) is 6.54 Å². The summed E-state index contributed by atoms with van der Waals surface area (Å²) < 4.78 is 0. The summed E-state index contributed by atoms with van der Waals surface area (Å²) in [5.41, 5.74) is 1.12. The zero-order valence-corrected chi connectivity index (χ0v) is 10.4. The van der Waals surface area contributed by atoms with Gasteiger partial charge in [0, 0.05) is 18.4 Å². The van der Waals surface area contributed by atoms with Crippen LogP contribution in [0.2, 0.25) is 5.02 Å². The van der Waals surface area contributed by atoms with Crippen molar-refractivity contribution in [2.24, 2.45) is 5.92 Å². The number of aliphatic hydroxyl groups is 1. The first-order valence-corrected chi connectivity index (χ1v) is 6.04. The van der Waals surface area contributed by atoms with Gasteiger partial charge in [-0.05, 0) is 31.7 Å². The van der Waals surface area contributed by atoms with E-state index >= 15 is 0 Å². The minimum atomic E-state index is -0.448. The molecule has 0 saturated heterocycles. The van der Waals surface area contributed by atoms with Crippen LogP contribution in [0.3, 0.4) is 0 Å². The topological polar surface area (TPSA) is 62.2 Å². The summed E-state index contributed by atoms with van der Waals surface area (Å²) in [5.74, 6) is 0.0594. The number of hydrogen-bond donors (Lipinski definition) is 2. The molecule has 1 saturated carbocycles. The van der Waals surface area contributed by atoms with Gasteiger partial charge < -0.3 is 10.4 Å². The van der Waals surface area contributed by atoms with E-state index in [1.54, 1.807) is 6.07 Å². The third-order valence-electron chi connectivity index (χ3n) is 2.87. The summed E-state index contributed by atoms with van der Waals surface area (Å²) in [6.07, 6.45) is 3.10. The van der Waals surface area contributed by atoms with Gasteiger partial charge in [-0.25, -0.2) is 0 Å². The standard InChI is InChI=1S/C12H15ClN2O2/c1-7-4-10(13)9(5-14-7)12(17)15-6-11(16)8-2-3-8/h4-5,8,11,16H,2-3,6H2,1H3,(H,15,17). The molecule has 4 nitrogen and oxygen atoms in total. The molecule has 5 heteroatoms. The molecule has 0 aromatic carbocycles. The maximum Gasteiger partial charge on any atom is 0.254 e. The summed E-state index contributed by atoms with van der Waals surface area (Å²) in [4.78, 5) is 15.8. The number of aromatic nitrogens is 1. The van der Waals surface area contributed by atoms with Crippen molar-refractivity contribution >= 4 is 17.5 Å². The minimum Gasteiger partial charge on any atom is -0.391 e. The molecule has 1 aromatic rings. The highest BCUT2D eigenvalue weighted by molar-refractivity contribution is 6.33. The fourth-order valence-electron chi connectivity index (χ4n) is 1.63. The Labute approximate surface area is 105 Å². The van der Waals surface area contributed by atoms with Crippen LogP contribution in [0.25, 0.3) is 0 Å². The monoisotopic (exact) mass is 254 g/mol. The number of aryl methyl sites for hydroxylation is 1. The van der Waals surface area contributed by atoms with Crippen LogP contribution in [-0.4, -0.2) is 28.6 Å². The van der Waals surface area contributed by atoms with Gasteiger partial charge in [-0.3, -0.25) is 9.78 Å². The Hall–Kier alpha value is -1.13. The first kappa shape index (κ1) is 12.3. The lowest BCUT2D eigenvalue weighted by Crippen LogP contribution is -2.33. The molecule has 2 rings (SSSR count). The molecule has 1 unspecified atom stereocenters. The molecule has 1 atom stereocenters. The highest BCUT2D eigenvalue weighted by Crippen LogP contribution is 2.32. The van der Waals surface area contributed by atoms with E-state index in [2.05, 4.69) is 10.3 Å². The average molecular weight is 255 g/mol. The first-order chi connectivity index (χ1) is 8.08. The van der Waals surface area contributed by atoms with Crippen LogP contribution >= 0.6 is 11.6 Å². The predicted octanol–water partition coefficient (Wildman–Crippen LogP) is 1.54. The van der Waals surface area contributed by atoms with Crippen molar-refractivity contribution in [2.45, 2.75) is 25.9 Å². The molecule has 0 bridgehead atoms. The van der Waals surface area contributed by atoms with Crippen molar-refractivity contribution in [1.29, 1.82) is 0 Å². The number of carbonyl (C=O) groups excluding carboxylic acids is 1. The van der Waals surface area contributed by atoms with Crippen molar-refractivity contribution < 1.29 is 9.90 Å². The van der Waals surface area contributed by atoms with E-state index in [0.717, 1.165) is 18.5 Å². The fourth-order valence-corrected chi connectivity index (χ4v) is 1.93. The van der Waals surface area contributed by atoms with Crippen molar-refractivity contribution in [3.8, 4) is 0 Å². The van der Waals surface area contributed by atoms with E-state index in [9.17, 15) is 9.90 Å². The van der Waals surface area contributed by atoms with Gasteiger partial charge in [0.25, 0.3) is 5.91 Å². The van der Waals surface area contributed by atoms with E-state index < -0.39 is 6.10 Å². The van der Waals surface area contributed by atoms with Crippen LogP contribution in [0.15, 0.2) is 12.3 Å². The van der Waals surface area contributed by atoms with E-state index in [-0.39, 0.29) is 12.5 Å². The zero-order valence-electron chi connectivity index (χ0n) is 9.61.